The van der Waals surface area contributed by atoms with Gasteiger partial charge < -0.3 is 19.5 Å². The number of hydrogen-bond donors (Lipinski definition) is 2. The summed E-state index contributed by atoms with van der Waals surface area (Å²) in [5.41, 5.74) is 0. The standard InChI is InChI=1S/C34H65O9P/c1-4-6-8-10-12-14-15-16-17-19-21-23-25-27-34(37)43-32(30-42-44(38,39)41-28-31(3)35)29-40-33(36)26-24-22-20-18-13-11-9-7-5-2/h10,12,31-32,35H,4-9,11,13-30H2,1-3H3,(H,38,39)/b12-10+/t31-,32+/m0/s1. The second-order valence-corrected chi connectivity index (χ2v) is 13.4. The first-order valence-corrected chi connectivity index (χ1v) is 19.0. The number of carbonyl (C=O) groups excluding carboxylic acids is 2. The first kappa shape index (κ1) is 42.8. The summed E-state index contributed by atoms with van der Waals surface area (Å²) in [5, 5.41) is 9.30. The van der Waals surface area contributed by atoms with Crippen molar-refractivity contribution in [2.75, 3.05) is 19.8 Å². The van der Waals surface area contributed by atoms with Crippen LogP contribution in [0.5, 0.6) is 0 Å². The van der Waals surface area contributed by atoms with E-state index in [-0.39, 0.29) is 26.1 Å². The summed E-state index contributed by atoms with van der Waals surface area (Å²) < 4.78 is 32.5. The van der Waals surface area contributed by atoms with Gasteiger partial charge >= 0.3 is 19.8 Å². The van der Waals surface area contributed by atoms with Crippen LogP contribution in [0.3, 0.4) is 0 Å². The Morgan fingerprint density at radius 3 is 1.64 bits per heavy atom. The van der Waals surface area contributed by atoms with E-state index in [0.29, 0.717) is 6.42 Å². The second kappa shape index (κ2) is 30.4. The van der Waals surface area contributed by atoms with Gasteiger partial charge in [-0.3, -0.25) is 18.6 Å². The first-order valence-electron chi connectivity index (χ1n) is 17.5. The lowest BCUT2D eigenvalue weighted by Crippen LogP contribution is -2.29. The molecule has 0 aromatic heterocycles. The molecule has 0 fully saturated rings. The van der Waals surface area contributed by atoms with E-state index in [0.717, 1.165) is 44.9 Å². The third kappa shape index (κ3) is 30.8. The number of aliphatic hydroxyl groups is 1. The summed E-state index contributed by atoms with van der Waals surface area (Å²) in [7, 11) is -4.48. The number of allylic oxidation sites excluding steroid dienone is 2. The molecular weight excluding hydrogens is 583 g/mol. The zero-order valence-electron chi connectivity index (χ0n) is 28.2. The minimum atomic E-state index is -4.48. The maximum absolute atomic E-state index is 12.5. The average molecular weight is 649 g/mol. The molecule has 0 aromatic carbocycles. The van der Waals surface area contributed by atoms with Gasteiger partial charge in [0.05, 0.1) is 19.3 Å². The fourth-order valence-corrected chi connectivity index (χ4v) is 5.42. The van der Waals surface area contributed by atoms with E-state index < -0.39 is 38.6 Å². The van der Waals surface area contributed by atoms with Crippen LogP contribution in [0.15, 0.2) is 12.2 Å². The summed E-state index contributed by atoms with van der Waals surface area (Å²) in [4.78, 5) is 34.6. The van der Waals surface area contributed by atoms with Crippen molar-refractivity contribution >= 4 is 19.8 Å². The SMILES string of the molecule is CCCC/C=C/CCCCCCCCCC(=O)O[C@H](COC(=O)CCCCCCCCCCC)COP(=O)(O)OC[C@H](C)O. The van der Waals surface area contributed by atoms with Gasteiger partial charge in [0.1, 0.15) is 6.61 Å². The zero-order chi connectivity index (χ0) is 32.7. The molecule has 0 amide bonds. The number of carbonyl (C=O) groups is 2. The lowest BCUT2D eigenvalue weighted by atomic mass is 10.1. The number of phosphoric ester groups is 1. The molecule has 0 aliphatic heterocycles. The average Bonchev–Trinajstić information content (AvgIpc) is 2.99. The van der Waals surface area contributed by atoms with Gasteiger partial charge in [-0.25, -0.2) is 4.57 Å². The molecule has 260 valence electrons. The summed E-state index contributed by atoms with van der Waals surface area (Å²) in [6.07, 6.45) is 25.5. The highest BCUT2D eigenvalue weighted by atomic mass is 31.2. The van der Waals surface area contributed by atoms with Crippen LogP contribution in [0.2, 0.25) is 0 Å². The Bertz CT molecular complexity index is 757. The molecule has 0 spiro atoms. The zero-order valence-corrected chi connectivity index (χ0v) is 29.1. The molecule has 0 bridgehead atoms. The highest BCUT2D eigenvalue weighted by molar-refractivity contribution is 7.47. The molecular formula is C34H65O9P. The molecule has 0 aliphatic rings. The third-order valence-corrected chi connectivity index (χ3v) is 8.21. The van der Waals surface area contributed by atoms with Gasteiger partial charge in [0.25, 0.3) is 0 Å². The van der Waals surface area contributed by atoms with E-state index in [4.69, 9.17) is 18.5 Å². The van der Waals surface area contributed by atoms with Gasteiger partial charge in [-0.1, -0.05) is 122 Å². The number of phosphoric acid groups is 1. The smallest absolute Gasteiger partial charge is 0.462 e. The van der Waals surface area contributed by atoms with E-state index in [1.165, 1.54) is 84.0 Å². The van der Waals surface area contributed by atoms with E-state index in [1.807, 2.05) is 0 Å². The van der Waals surface area contributed by atoms with Crippen molar-refractivity contribution in [3.05, 3.63) is 12.2 Å². The van der Waals surface area contributed by atoms with Crippen molar-refractivity contribution < 1.29 is 42.7 Å². The Hall–Kier alpha value is -1.25. The van der Waals surface area contributed by atoms with Crippen molar-refractivity contribution in [2.45, 2.75) is 174 Å². The predicted molar refractivity (Wildman–Crippen MR) is 176 cm³/mol. The quantitative estimate of drug-likeness (QED) is 0.0317. The van der Waals surface area contributed by atoms with Crippen molar-refractivity contribution in [1.82, 2.24) is 0 Å². The van der Waals surface area contributed by atoms with Crippen LogP contribution in [0.25, 0.3) is 0 Å². The molecule has 0 rings (SSSR count). The van der Waals surface area contributed by atoms with Crippen LogP contribution in [-0.2, 0) is 32.7 Å². The van der Waals surface area contributed by atoms with Crippen molar-refractivity contribution in [1.29, 1.82) is 0 Å². The topological polar surface area (TPSA) is 129 Å². The third-order valence-electron chi connectivity index (χ3n) is 7.26. The molecule has 0 aliphatic carbocycles. The number of ether oxygens (including phenoxy) is 2. The Balaban J connectivity index is 4.34. The maximum Gasteiger partial charge on any atom is 0.472 e. The number of unbranched alkanes of at least 4 members (excludes halogenated alkanes) is 17. The van der Waals surface area contributed by atoms with Gasteiger partial charge in [-0.05, 0) is 39.0 Å². The highest BCUT2D eigenvalue weighted by Gasteiger charge is 2.26. The summed E-state index contributed by atoms with van der Waals surface area (Å²) in [5.74, 6) is -0.875. The van der Waals surface area contributed by atoms with Gasteiger partial charge in [-0.15, -0.1) is 0 Å². The molecule has 44 heavy (non-hydrogen) atoms. The lowest BCUT2D eigenvalue weighted by Gasteiger charge is -2.20. The first-order chi connectivity index (χ1) is 21.2. The number of aliphatic hydroxyl groups excluding tert-OH is 1. The molecule has 3 atom stereocenters. The summed E-state index contributed by atoms with van der Waals surface area (Å²) in [6, 6.07) is 0. The van der Waals surface area contributed by atoms with E-state index >= 15 is 0 Å². The molecule has 9 nitrogen and oxygen atoms in total. The normalized spacial score (nSPS) is 14.4. The summed E-state index contributed by atoms with van der Waals surface area (Å²) in [6.45, 7) is 4.69. The summed E-state index contributed by atoms with van der Waals surface area (Å²) >= 11 is 0. The van der Waals surface area contributed by atoms with Crippen LogP contribution < -0.4 is 0 Å². The fraction of sp³-hybridized carbons (Fsp3) is 0.882. The number of hydrogen-bond acceptors (Lipinski definition) is 8. The van der Waals surface area contributed by atoms with Crippen LogP contribution >= 0.6 is 7.82 Å². The Morgan fingerprint density at radius 2 is 1.09 bits per heavy atom. The molecule has 0 saturated carbocycles. The van der Waals surface area contributed by atoms with Gasteiger partial charge in [0.2, 0.25) is 0 Å². The minimum Gasteiger partial charge on any atom is -0.462 e. The van der Waals surface area contributed by atoms with Crippen molar-refractivity contribution in [2.24, 2.45) is 0 Å². The van der Waals surface area contributed by atoms with Crippen LogP contribution in [0, 0.1) is 0 Å². The molecule has 10 heteroatoms. The number of rotatable bonds is 32. The van der Waals surface area contributed by atoms with Crippen molar-refractivity contribution in [3.63, 3.8) is 0 Å². The van der Waals surface area contributed by atoms with Crippen LogP contribution in [-0.4, -0.2) is 54.0 Å². The Kier molecular flexibility index (Phi) is 29.5. The lowest BCUT2D eigenvalue weighted by molar-refractivity contribution is -0.161. The molecule has 2 N–H and O–H groups in total. The molecule has 0 saturated heterocycles. The fourth-order valence-electron chi connectivity index (χ4n) is 4.59. The van der Waals surface area contributed by atoms with Crippen LogP contribution in [0.4, 0.5) is 0 Å². The minimum absolute atomic E-state index is 0.209. The monoisotopic (exact) mass is 648 g/mol. The van der Waals surface area contributed by atoms with Gasteiger partial charge in [0, 0.05) is 12.8 Å². The predicted octanol–water partition coefficient (Wildman–Crippen LogP) is 9.13. The van der Waals surface area contributed by atoms with E-state index in [9.17, 15) is 24.2 Å². The van der Waals surface area contributed by atoms with E-state index in [1.54, 1.807) is 0 Å². The second-order valence-electron chi connectivity index (χ2n) is 11.9. The Morgan fingerprint density at radius 1 is 0.636 bits per heavy atom. The maximum atomic E-state index is 12.5. The molecule has 0 radical (unpaired) electrons. The van der Waals surface area contributed by atoms with E-state index in [2.05, 4.69) is 26.0 Å². The number of esters is 2. The molecule has 0 heterocycles. The van der Waals surface area contributed by atoms with Crippen molar-refractivity contribution in [3.8, 4) is 0 Å². The molecule has 0 aromatic rings. The molecule has 1 unspecified atom stereocenters. The van der Waals surface area contributed by atoms with Gasteiger partial charge in [0.15, 0.2) is 6.10 Å². The van der Waals surface area contributed by atoms with Gasteiger partial charge in [-0.2, -0.15) is 0 Å². The Labute approximate surface area is 268 Å². The largest absolute Gasteiger partial charge is 0.472 e. The van der Waals surface area contributed by atoms with Crippen LogP contribution in [0.1, 0.15) is 162 Å². The highest BCUT2D eigenvalue weighted by Crippen LogP contribution is 2.43.